The van der Waals surface area contributed by atoms with Gasteiger partial charge < -0.3 is 10.4 Å². The highest BCUT2D eigenvalue weighted by atomic mass is 32.2. The summed E-state index contributed by atoms with van der Waals surface area (Å²) in [5.41, 5.74) is 0.789. The molecular weight excluding hydrogens is 286 g/mol. The summed E-state index contributed by atoms with van der Waals surface area (Å²) in [6.45, 7) is 0. The van der Waals surface area contributed by atoms with Crippen LogP contribution in [0.5, 0.6) is 0 Å². The molecule has 1 unspecified atom stereocenters. The lowest BCUT2D eigenvalue weighted by Gasteiger charge is -2.31. The lowest BCUT2D eigenvalue weighted by molar-refractivity contribution is -0.122. The molecule has 1 aromatic rings. The largest absolute Gasteiger partial charge is 0.389 e. The highest BCUT2D eigenvalue weighted by Crippen LogP contribution is 2.31. The molecule has 0 aliphatic heterocycles. The number of nitrogens with one attached hydrogen (secondary N) is 1. The van der Waals surface area contributed by atoms with Gasteiger partial charge in [-0.05, 0) is 30.5 Å². The van der Waals surface area contributed by atoms with Crippen LogP contribution in [-0.4, -0.2) is 27.1 Å². The predicted octanol–water partition coefficient (Wildman–Crippen LogP) is 2.59. The average molecular weight is 309 g/mol. The van der Waals surface area contributed by atoms with Gasteiger partial charge in [0.1, 0.15) is 0 Å². The zero-order valence-corrected chi connectivity index (χ0v) is 13.2. The van der Waals surface area contributed by atoms with Crippen molar-refractivity contribution >= 4 is 22.4 Å². The van der Waals surface area contributed by atoms with E-state index in [0.717, 1.165) is 24.8 Å². The van der Waals surface area contributed by atoms with Crippen molar-refractivity contribution in [1.82, 2.24) is 0 Å². The minimum atomic E-state index is -0.903. The van der Waals surface area contributed by atoms with Crippen molar-refractivity contribution in [2.24, 2.45) is 0 Å². The van der Waals surface area contributed by atoms with Gasteiger partial charge in [0.2, 0.25) is 5.91 Å². The Morgan fingerprint density at radius 1 is 1.33 bits per heavy atom. The highest BCUT2D eigenvalue weighted by Gasteiger charge is 2.31. The van der Waals surface area contributed by atoms with Crippen LogP contribution in [0.4, 0.5) is 5.69 Å². The van der Waals surface area contributed by atoms with Crippen LogP contribution in [-0.2, 0) is 21.3 Å². The summed E-state index contributed by atoms with van der Waals surface area (Å²) < 4.78 is 11.2. The van der Waals surface area contributed by atoms with Crippen LogP contribution < -0.4 is 5.32 Å². The van der Waals surface area contributed by atoms with Crippen molar-refractivity contribution in [3.8, 4) is 0 Å². The number of aliphatic hydroxyl groups is 1. The van der Waals surface area contributed by atoms with E-state index in [0.29, 0.717) is 24.3 Å². The van der Waals surface area contributed by atoms with Crippen molar-refractivity contribution in [2.45, 2.75) is 49.9 Å². The minimum Gasteiger partial charge on any atom is -0.389 e. The first-order valence-electron chi connectivity index (χ1n) is 7.38. The molecule has 116 valence electrons. The molecule has 2 N–H and O–H groups in total. The van der Waals surface area contributed by atoms with Gasteiger partial charge in [-0.15, -0.1) is 0 Å². The van der Waals surface area contributed by atoms with Gasteiger partial charge in [-0.25, -0.2) is 0 Å². The molecule has 0 bridgehead atoms. The lowest BCUT2D eigenvalue weighted by Crippen LogP contribution is -2.35. The first-order valence-corrected chi connectivity index (χ1v) is 9.11. The number of amides is 1. The molecule has 0 saturated heterocycles. The Labute approximate surface area is 128 Å². The van der Waals surface area contributed by atoms with Crippen LogP contribution in [0.15, 0.2) is 24.3 Å². The van der Waals surface area contributed by atoms with E-state index in [-0.39, 0.29) is 12.3 Å². The second kappa shape index (κ2) is 7.18. The minimum absolute atomic E-state index is 0.150. The monoisotopic (exact) mass is 309 g/mol. The Hall–Kier alpha value is -1.20. The zero-order chi connectivity index (χ0) is 15.3. The summed E-state index contributed by atoms with van der Waals surface area (Å²) in [6, 6.07) is 7.38. The van der Waals surface area contributed by atoms with Gasteiger partial charge in [0.25, 0.3) is 0 Å². The first kappa shape index (κ1) is 16.2. The molecule has 1 aliphatic carbocycles. The Balaban J connectivity index is 1.94. The third-order valence-corrected chi connectivity index (χ3v) is 4.59. The summed E-state index contributed by atoms with van der Waals surface area (Å²) in [6.07, 6.45) is 6.33. The highest BCUT2D eigenvalue weighted by molar-refractivity contribution is 7.83. The quantitative estimate of drug-likeness (QED) is 0.878. The maximum Gasteiger partial charge on any atom is 0.227 e. The fourth-order valence-electron chi connectivity index (χ4n) is 2.86. The molecule has 1 aliphatic rings. The van der Waals surface area contributed by atoms with Crippen molar-refractivity contribution in [2.75, 3.05) is 11.6 Å². The third-order valence-electron chi connectivity index (χ3n) is 3.85. The Bertz CT molecular complexity index is 524. The topological polar surface area (TPSA) is 66.4 Å². The van der Waals surface area contributed by atoms with Crippen LogP contribution in [0.2, 0.25) is 0 Å². The van der Waals surface area contributed by atoms with Gasteiger partial charge in [0.15, 0.2) is 0 Å². The molecule has 0 aromatic heterocycles. The van der Waals surface area contributed by atoms with Crippen molar-refractivity contribution in [1.29, 1.82) is 0 Å². The van der Waals surface area contributed by atoms with E-state index in [1.807, 2.05) is 24.3 Å². The molecule has 1 amide bonds. The smallest absolute Gasteiger partial charge is 0.227 e. The molecule has 1 aromatic carbocycles. The maximum absolute atomic E-state index is 12.1. The SMILES string of the molecule is CS(=O)Cc1cccc(NC(=O)CC2(O)CCCCC2)c1. The third kappa shape index (κ3) is 5.25. The van der Waals surface area contributed by atoms with Gasteiger partial charge in [-0.1, -0.05) is 31.4 Å². The van der Waals surface area contributed by atoms with Gasteiger partial charge in [0.05, 0.1) is 12.0 Å². The fraction of sp³-hybridized carbons (Fsp3) is 0.562. The van der Waals surface area contributed by atoms with E-state index in [1.165, 1.54) is 0 Å². The summed E-state index contributed by atoms with van der Waals surface area (Å²) in [7, 11) is -0.903. The van der Waals surface area contributed by atoms with Gasteiger partial charge in [-0.2, -0.15) is 0 Å². The molecule has 4 nitrogen and oxygen atoms in total. The normalized spacial score (nSPS) is 19.0. The molecular formula is C16H23NO3S. The molecule has 1 saturated carbocycles. The fourth-order valence-corrected chi connectivity index (χ4v) is 3.51. The van der Waals surface area contributed by atoms with Crippen LogP contribution >= 0.6 is 0 Å². The number of carbonyl (C=O) groups excluding carboxylic acids is 1. The van der Waals surface area contributed by atoms with Crippen LogP contribution in [0.3, 0.4) is 0 Å². The van der Waals surface area contributed by atoms with Gasteiger partial charge in [-0.3, -0.25) is 9.00 Å². The molecule has 1 fully saturated rings. The molecule has 0 radical (unpaired) electrons. The second-order valence-electron chi connectivity index (χ2n) is 5.93. The Kier molecular flexibility index (Phi) is 5.53. The number of carbonyl (C=O) groups is 1. The van der Waals surface area contributed by atoms with Crippen molar-refractivity contribution in [3.63, 3.8) is 0 Å². The number of benzene rings is 1. The second-order valence-corrected chi connectivity index (χ2v) is 7.36. The van der Waals surface area contributed by atoms with E-state index >= 15 is 0 Å². The standard InChI is InChI=1S/C16H23NO3S/c1-21(20)12-13-6-5-7-14(10-13)17-15(18)11-16(19)8-3-2-4-9-16/h5-7,10,19H,2-4,8-9,11-12H2,1H3,(H,17,18). The van der Waals surface area contributed by atoms with Crippen LogP contribution in [0, 0.1) is 0 Å². The summed E-state index contributed by atoms with van der Waals surface area (Å²) in [5.74, 6) is 0.322. The number of rotatable bonds is 5. The predicted molar refractivity (Wildman–Crippen MR) is 85.5 cm³/mol. The van der Waals surface area contributed by atoms with E-state index in [1.54, 1.807) is 6.26 Å². The molecule has 0 spiro atoms. The molecule has 2 rings (SSSR count). The van der Waals surface area contributed by atoms with Crippen LogP contribution in [0.1, 0.15) is 44.1 Å². The molecule has 0 heterocycles. The number of anilines is 1. The molecule has 5 heteroatoms. The van der Waals surface area contributed by atoms with Gasteiger partial charge in [0, 0.05) is 28.5 Å². The number of hydrogen-bond acceptors (Lipinski definition) is 3. The average Bonchev–Trinajstić information content (AvgIpc) is 2.38. The van der Waals surface area contributed by atoms with E-state index < -0.39 is 16.4 Å². The van der Waals surface area contributed by atoms with Crippen LogP contribution in [0.25, 0.3) is 0 Å². The van der Waals surface area contributed by atoms with Gasteiger partial charge >= 0.3 is 0 Å². The Morgan fingerprint density at radius 2 is 2.05 bits per heavy atom. The Morgan fingerprint density at radius 3 is 2.71 bits per heavy atom. The first-order chi connectivity index (χ1) is 9.97. The maximum atomic E-state index is 12.1. The number of hydrogen-bond donors (Lipinski definition) is 2. The van der Waals surface area contributed by atoms with Crippen molar-refractivity contribution in [3.05, 3.63) is 29.8 Å². The van der Waals surface area contributed by atoms with E-state index in [2.05, 4.69) is 5.32 Å². The zero-order valence-electron chi connectivity index (χ0n) is 12.4. The molecule has 1 atom stereocenters. The summed E-state index contributed by atoms with van der Waals surface area (Å²) in [5, 5.41) is 13.2. The lowest BCUT2D eigenvalue weighted by atomic mass is 9.82. The van der Waals surface area contributed by atoms with E-state index in [4.69, 9.17) is 0 Å². The molecule has 21 heavy (non-hydrogen) atoms. The summed E-state index contributed by atoms with van der Waals surface area (Å²) >= 11 is 0. The van der Waals surface area contributed by atoms with E-state index in [9.17, 15) is 14.1 Å². The summed E-state index contributed by atoms with van der Waals surface area (Å²) in [4.78, 5) is 12.1. The van der Waals surface area contributed by atoms with Crippen molar-refractivity contribution < 1.29 is 14.1 Å².